The normalized spacial score (nSPS) is 52.2. The van der Waals surface area contributed by atoms with Crippen LogP contribution in [-0.4, -0.2) is 28.5 Å². The smallest absolute Gasteiger partial charge is 0.147 e. The summed E-state index contributed by atoms with van der Waals surface area (Å²) in [7, 11) is 0. The largest absolute Gasteiger partial charge is 0.387 e. The minimum Gasteiger partial charge on any atom is -0.387 e. The van der Waals surface area contributed by atoms with E-state index in [0.29, 0.717) is 41.7 Å². The lowest BCUT2D eigenvalue weighted by molar-refractivity contribution is -0.131. The molecule has 0 aromatic rings. The van der Waals surface area contributed by atoms with Gasteiger partial charge in [-0.15, -0.1) is 0 Å². The van der Waals surface area contributed by atoms with E-state index in [-0.39, 0.29) is 11.3 Å². The van der Waals surface area contributed by atoms with Crippen molar-refractivity contribution in [3.63, 3.8) is 0 Å². The first kappa shape index (κ1) is 18.4. The summed E-state index contributed by atoms with van der Waals surface area (Å²) in [6.45, 7) is 1.81. The quantitative estimate of drug-likeness (QED) is 0.665. The van der Waals surface area contributed by atoms with E-state index >= 15 is 0 Å². The molecule has 0 amide bonds. The number of carbonyl (C=O) groups excluding carboxylic acids is 1. The molecule has 0 heterocycles. The lowest BCUT2D eigenvalue weighted by Gasteiger charge is -2.56. The predicted molar refractivity (Wildman–Crippen MR) is 100 cm³/mol. The Morgan fingerprint density at radius 1 is 1.08 bits per heavy atom. The van der Waals surface area contributed by atoms with Crippen molar-refractivity contribution in [2.75, 3.05) is 12.0 Å². The summed E-state index contributed by atoms with van der Waals surface area (Å²) in [6, 6.07) is 0. The number of hydrogen-bond donors (Lipinski definition) is 1. The maximum Gasteiger partial charge on any atom is 0.147 e. The van der Waals surface area contributed by atoms with Gasteiger partial charge in [0.1, 0.15) is 12.5 Å². The van der Waals surface area contributed by atoms with Crippen LogP contribution in [0, 0.1) is 40.9 Å². The number of aliphatic hydroxyl groups is 1. The summed E-state index contributed by atoms with van der Waals surface area (Å²) in [5, 5.41) is 10.9. The van der Waals surface area contributed by atoms with Crippen LogP contribution in [0.1, 0.15) is 64.7 Å². The highest BCUT2D eigenvalue weighted by Crippen LogP contribution is 2.64. The summed E-state index contributed by atoms with van der Waals surface area (Å²) >= 11 is 3.39. The van der Waals surface area contributed by atoms with E-state index < -0.39 is 12.3 Å². The Labute approximate surface area is 159 Å². The molecule has 4 aliphatic carbocycles. The standard InChI is InChI=1S/C21H32BrFO2/c1-20-8-6-15-14-7-9-21(25,12-23)10-13(14)2-3-16(15)17(20)4-5-18(20)19(24)11-22/h13-18,25H,2-12H2,1H3/t13-,14-,15+,16+,17-,18+,20-,21-/m0/s1. The molecule has 4 saturated carbocycles. The molecule has 8 atom stereocenters. The molecule has 142 valence electrons. The van der Waals surface area contributed by atoms with Gasteiger partial charge in [0.15, 0.2) is 0 Å². The molecular formula is C21H32BrFO2. The van der Waals surface area contributed by atoms with Gasteiger partial charge < -0.3 is 5.11 Å². The number of ketones is 1. The van der Waals surface area contributed by atoms with Crippen molar-refractivity contribution in [3.05, 3.63) is 0 Å². The summed E-state index contributed by atoms with van der Waals surface area (Å²) in [6.07, 6.45) is 9.39. The topological polar surface area (TPSA) is 37.3 Å². The molecule has 0 unspecified atom stereocenters. The molecule has 0 aliphatic heterocycles. The lowest BCUT2D eigenvalue weighted by atomic mass is 9.49. The van der Waals surface area contributed by atoms with Crippen LogP contribution in [0.25, 0.3) is 0 Å². The van der Waals surface area contributed by atoms with Crippen molar-refractivity contribution in [1.82, 2.24) is 0 Å². The van der Waals surface area contributed by atoms with E-state index in [9.17, 15) is 14.3 Å². The van der Waals surface area contributed by atoms with Gasteiger partial charge in [-0.3, -0.25) is 4.79 Å². The minimum atomic E-state index is -1.04. The highest BCUT2D eigenvalue weighted by molar-refractivity contribution is 9.09. The zero-order valence-corrected chi connectivity index (χ0v) is 16.9. The van der Waals surface area contributed by atoms with Crippen molar-refractivity contribution >= 4 is 21.7 Å². The van der Waals surface area contributed by atoms with E-state index in [0.717, 1.165) is 31.1 Å². The zero-order valence-electron chi connectivity index (χ0n) is 15.4. The fraction of sp³-hybridized carbons (Fsp3) is 0.952. The second kappa shape index (κ2) is 6.58. The molecule has 1 N–H and O–H groups in total. The van der Waals surface area contributed by atoms with Crippen molar-refractivity contribution in [2.45, 2.75) is 70.3 Å². The second-order valence-corrected chi connectivity index (χ2v) is 10.4. The molecule has 4 rings (SSSR count). The van der Waals surface area contributed by atoms with Crippen LogP contribution in [0.3, 0.4) is 0 Å². The van der Waals surface area contributed by atoms with Crippen LogP contribution in [0.2, 0.25) is 0 Å². The van der Waals surface area contributed by atoms with Gasteiger partial charge >= 0.3 is 0 Å². The fourth-order valence-corrected chi connectivity index (χ4v) is 8.10. The molecule has 4 aliphatic rings. The van der Waals surface area contributed by atoms with E-state index in [1.165, 1.54) is 25.7 Å². The minimum absolute atomic E-state index is 0.202. The second-order valence-electron chi connectivity index (χ2n) is 9.81. The first-order chi connectivity index (χ1) is 11.9. The number of rotatable bonds is 3. The molecule has 0 spiro atoms. The fourth-order valence-electron chi connectivity index (χ4n) is 7.71. The Hall–Kier alpha value is 0.0400. The summed E-state index contributed by atoms with van der Waals surface area (Å²) in [5.74, 6) is 4.05. The first-order valence-electron chi connectivity index (χ1n) is 10.3. The Morgan fingerprint density at radius 3 is 2.56 bits per heavy atom. The molecule has 4 heteroatoms. The number of fused-ring (bicyclic) bond motifs is 5. The molecule has 0 aromatic carbocycles. The van der Waals surface area contributed by atoms with Gasteiger partial charge in [0, 0.05) is 5.92 Å². The van der Waals surface area contributed by atoms with E-state index in [1.54, 1.807) is 0 Å². The number of halogens is 2. The number of alkyl halides is 2. The Balaban J connectivity index is 1.52. The predicted octanol–water partition coefficient (Wildman–Crippen LogP) is 4.92. The molecule has 0 radical (unpaired) electrons. The highest BCUT2D eigenvalue weighted by atomic mass is 79.9. The van der Waals surface area contributed by atoms with Crippen LogP contribution >= 0.6 is 15.9 Å². The third kappa shape index (κ3) is 2.85. The zero-order chi connectivity index (χ0) is 17.8. The first-order valence-corrected chi connectivity index (χ1v) is 11.4. The van der Waals surface area contributed by atoms with Crippen LogP contribution in [0.4, 0.5) is 4.39 Å². The molecule has 2 nitrogen and oxygen atoms in total. The maximum absolute atomic E-state index is 13.2. The van der Waals surface area contributed by atoms with Crippen molar-refractivity contribution in [2.24, 2.45) is 40.9 Å². The van der Waals surface area contributed by atoms with Crippen LogP contribution in [0.15, 0.2) is 0 Å². The summed E-state index contributed by atoms with van der Waals surface area (Å²) < 4.78 is 13.2. The Bertz CT molecular complexity index is 540. The number of Topliss-reactive ketones (excluding diaryl/α,β-unsaturated/α-hetero) is 1. The third-order valence-electron chi connectivity index (χ3n) is 8.87. The summed E-state index contributed by atoms with van der Waals surface area (Å²) in [4.78, 5) is 12.5. The monoisotopic (exact) mass is 414 g/mol. The van der Waals surface area contributed by atoms with E-state index in [1.807, 2.05) is 0 Å². The molecule has 25 heavy (non-hydrogen) atoms. The summed E-state index contributed by atoms with van der Waals surface area (Å²) in [5.41, 5.74) is -0.842. The van der Waals surface area contributed by atoms with Gasteiger partial charge in [0.2, 0.25) is 0 Å². The van der Waals surface area contributed by atoms with Crippen LogP contribution < -0.4 is 0 Å². The molecule has 0 saturated heterocycles. The number of hydrogen-bond acceptors (Lipinski definition) is 2. The molecular weight excluding hydrogens is 383 g/mol. The van der Waals surface area contributed by atoms with Crippen molar-refractivity contribution in [3.8, 4) is 0 Å². The number of carbonyl (C=O) groups is 1. The molecule has 0 bridgehead atoms. The maximum atomic E-state index is 13.2. The van der Waals surface area contributed by atoms with Gasteiger partial charge in [-0.25, -0.2) is 4.39 Å². The van der Waals surface area contributed by atoms with E-state index in [4.69, 9.17) is 0 Å². The average molecular weight is 415 g/mol. The van der Waals surface area contributed by atoms with Crippen molar-refractivity contribution in [1.29, 1.82) is 0 Å². The van der Waals surface area contributed by atoms with Gasteiger partial charge in [-0.2, -0.15) is 0 Å². The van der Waals surface area contributed by atoms with Crippen LogP contribution in [-0.2, 0) is 4.79 Å². The van der Waals surface area contributed by atoms with Gasteiger partial charge in [-0.05, 0) is 92.8 Å². The Morgan fingerprint density at radius 2 is 1.84 bits per heavy atom. The lowest BCUT2D eigenvalue weighted by Crippen LogP contribution is -2.52. The van der Waals surface area contributed by atoms with Crippen molar-refractivity contribution < 1.29 is 14.3 Å². The van der Waals surface area contributed by atoms with Gasteiger partial charge in [-0.1, -0.05) is 22.9 Å². The van der Waals surface area contributed by atoms with Gasteiger partial charge in [0.05, 0.1) is 10.9 Å². The van der Waals surface area contributed by atoms with Gasteiger partial charge in [0.25, 0.3) is 0 Å². The van der Waals surface area contributed by atoms with E-state index in [2.05, 4.69) is 22.9 Å². The SMILES string of the molecule is C[C@]12CC[C@H]3[C@@H](CC[C@H]4C[C@](O)(CF)CC[C@@H]43)[C@@H]1CC[C@@H]2C(=O)CBr. The Kier molecular flexibility index (Phi) is 4.84. The molecule has 4 fully saturated rings. The third-order valence-corrected chi connectivity index (χ3v) is 9.43. The highest BCUT2D eigenvalue weighted by Gasteiger charge is 2.58. The molecule has 0 aromatic heterocycles. The van der Waals surface area contributed by atoms with Crippen LogP contribution in [0.5, 0.6) is 0 Å². The average Bonchev–Trinajstić information content (AvgIpc) is 2.98.